The number of hydrogen-bond acceptors (Lipinski definition) is 2. The van der Waals surface area contributed by atoms with Crippen molar-refractivity contribution in [3.63, 3.8) is 0 Å². The topological polar surface area (TPSA) is 49.4 Å². The molecule has 2 aliphatic rings. The summed E-state index contributed by atoms with van der Waals surface area (Å²) in [5.74, 6) is 0.507. The highest BCUT2D eigenvalue weighted by atomic mass is 16.2. The van der Waals surface area contributed by atoms with Gasteiger partial charge >= 0.3 is 0 Å². The van der Waals surface area contributed by atoms with E-state index in [0.717, 1.165) is 19.3 Å². The second-order valence-corrected chi connectivity index (χ2v) is 5.67. The number of amides is 2. The number of nitrogens with zero attached hydrogens (tertiary/aromatic N) is 1. The fourth-order valence-electron chi connectivity index (χ4n) is 2.25. The van der Waals surface area contributed by atoms with Crippen molar-refractivity contribution in [1.29, 1.82) is 0 Å². The Bertz CT molecular complexity index is 321. The normalized spacial score (nSPS) is 28.2. The van der Waals surface area contributed by atoms with E-state index < -0.39 is 0 Å². The van der Waals surface area contributed by atoms with Crippen molar-refractivity contribution < 1.29 is 9.59 Å². The van der Waals surface area contributed by atoms with Gasteiger partial charge in [-0.3, -0.25) is 9.59 Å². The van der Waals surface area contributed by atoms with Crippen molar-refractivity contribution in [3.05, 3.63) is 0 Å². The van der Waals surface area contributed by atoms with Crippen LogP contribution in [0.1, 0.15) is 40.0 Å². The van der Waals surface area contributed by atoms with Crippen LogP contribution in [0.2, 0.25) is 0 Å². The van der Waals surface area contributed by atoms with Gasteiger partial charge in [-0.2, -0.15) is 0 Å². The lowest BCUT2D eigenvalue weighted by Gasteiger charge is -2.37. The Hall–Kier alpha value is -1.06. The second kappa shape index (κ2) is 3.75. The highest BCUT2D eigenvalue weighted by Crippen LogP contribution is 2.42. The van der Waals surface area contributed by atoms with Gasteiger partial charge < -0.3 is 10.2 Å². The van der Waals surface area contributed by atoms with Crippen molar-refractivity contribution in [2.75, 3.05) is 6.54 Å². The molecule has 0 bridgehead atoms. The molecule has 0 aromatic rings. The number of hydrogen-bond donors (Lipinski definition) is 1. The van der Waals surface area contributed by atoms with Crippen LogP contribution < -0.4 is 5.32 Å². The maximum Gasteiger partial charge on any atom is 0.246 e. The molecule has 1 atom stereocenters. The molecule has 0 aromatic heterocycles. The summed E-state index contributed by atoms with van der Waals surface area (Å²) < 4.78 is 0. The van der Waals surface area contributed by atoms with Crippen molar-refractivity contribution in [3.8, 4) is 0 Å². The van der Waals surface area contributed by atoms with Crippen LogP contribution in [-0.4, -0.2) is 34.8 Å². The fourth-order valence-corrected chi connectivity index (χ4v) is 2.25. The molecule has 1 saturated carbocycles. The smallest absolute Gasteiger partial charge is 0.246 e. The Morgan fingerprint density at radius 3 is 2.56 bits per heavy atom. The number of carbonyl (C=O) groups is 2. The predicted octanol–water partition coefficient (Wildman–Crippen LogP) is 0.912. The SMILES string of the molecule is CC(C)CC1NC(=O)CN(C2(C)CC2)C1=O. The molecule has 1 unspecified atom stereocenters. The van der Waals surface area contributed by atoms with Gasteiger partial charge in [0.05, 0.1) is 0 Å². The zero-order valence-corrected chi connectivity index (χ0v) is 10.2. The first-order valence-corrected chi connectivity index (χ1v) is 6.03. The van der Waals surface area contributed by atoms with E-state index in [9.17, 15) is 9.59 Å². The summed E-state index contributed by atoms with van der Waals surface area (Å²) >= 11 is 0. The van der Waals surface area contributed by atoms with E-state index in [-0.39, 0.29) is 29.9 Å². The molecule has 0 spiro atoms. The first-order chi connectivity index (χ1) is 7.42. The van der Waals surface area contributed by atoms with Crippen LogP contribution >= 0.6 is 0 Å². The Morgan fingerprint density at radius 1 is 1.44 bits per heavy atom. The third kappa shape index (κ3) is 2.06. The highest BCUT2D eigenvalue weighted by molar-refractivity contribution is 5.95. The zero-order chi connectivity index (χ0) is 11.9. The van der Waals surface area contributed by atoms with Crippen LogP contribution in [0.3, 0.4) is 0 Å². The van der Waals surface area contributed by atoms with Crippen molar-refractivity contribution in [2.24, 2.45) is 5.92 Å². The van der Waals surface area contributed by atoms with E-state index >= 15 is 0 Å². The highest BCUT2D eigenvalue weighted by Gasteiger charge is 2.49. The van der Waals surface area contributed by atoms with Crippen LogP contribution in [0, 0.1) is 5.92 Å². The molecular formula is C12H20N2O2. The second-order valence-electron chi connectivity index (χ2n) is 5.67. The van der Waals surface area contributed by atoms with Crippen LogP contribution in [-0.2, 0) is 9.59 Å². The zero-order valence-electron chi connectivity index (χ0n) is 10.2. The molecule has 2 amide bonds. The molecule has 1 heterocycles. The lowest BCUT2D eigenvalue weighted by Crippen LogP contribution is -2.61. The van der Waals surface area contributed by atoms with Gasteiger partial charge in [-0.05, 0) is 32.1 Å². The quantitative estimate of drug-likeness (QED) is 0.774. The van der Waals surface area contributed by atoms with Crippen LogP contribution in [0.15, 0.2) is 0 Å². The monoisotopic (exact) mass is 224 g/mol. The van der Waals surface area contributed by atoms with E-state index in [1.807, 2.05) is 0 Å². The maximum atomic E-state index is 12.2. The molecule has 1 saturated heterocycles. The van der Waals surface area contributed by atoms with Gasteiger partial charge in [0.15, 0.2) is 0 Å². The molecule has 16 heavy (non-hydrogen) atoms. The van der Waals surface area contributed by atoms with Crippen LogP contribution in [0.5, 0.6) is 0 Å². The van der Waals surface area contributed by atoms with E-state index in [2.05, 4.69) is 26.1 Å². The summed E-state index contributed by atoms with van der Waals surface area (Å²) in [5, 5.41) is 2.80. The lowest BCUT2D eigenvalue weighted by molar-refractivity contribution is -0.147. The molecule has 1 aliphatic heterocycles. The van der Waals surface area contributed by atoms with E-state index in [1.165, 1.54) is 0 Å². The summed E-state index contributed by atoms with van der Waals surface area (Å²) in [7, 11) is 0. The minimum atomic E-state index is -0.307. The van der Waals surface area contributed by atoms with Gasteiger partial charge in [-0.25, -0.2) is 0 Å². The van der Waals surface area contributed by atoms with Crippen molar-refractivity contribution in [2.45, 2.75) is 51.6 Å². The summed E-state index contributed by atoms with van der Waals surface area (Å²) in [6, 6.07) is -0.307. The van der Waals surface area contributed by atoms with Crippen molar-refractivity contribution in [1.82, 2.24) is 10.2 Å². The summed E-state index contributed by atoms with van der Waals surface area (Å²) in [6.07, 6.45) is 2.79. The predicted molar refractivity (Wildman–Crippen MR) is 60.7 cm³/mol. The van der Waals surface area contributed by atoms with Gasteiger partial charge in [0, 0.05) is 5.54 Å². The van der Waals surface area contributed by atoms with Gasteiger partial charge in [-0.15, -0.1) is 0 Å². The molecular weight excluding hydrogens is 204 g/mol. The fraction of sp³-hybridized carbons (Fsp3) is 0.833. The molecule has 1 aliphatic carbocycles. The number of piperazine rings is 1. The third-order valence-corrected chi connectivity index (χ3v) is 3.53. The number of nitrogens with one attached hydrogen (secondary N) is 1. The summed E-state index contributed by atoms with van der Waals surface area (Å²) in [5.41, 5.74) is -0.0376. The Balaban J connectivity index is 2.10. The third-order valence-electron chi connectivity index (χ3n) is 3.53. The molecule has 90 valence electrons. The van der Waals surface area contributed by atoms with E-state index in [1.54, 1.807) is 4.90 Å². The average molecular weight is 224 g/mol. The Kier molecular flexibility index (Phi) is 2.68. The minimum absolute atomic E-state index is 0.0154. The Labute approximate surface area is 96.4 Å². The van der Waals surface area contributed by atoms with Gasteiger partial charge in [-0.1, -0.05) is 13.8 Å². The molecule has 2 rings (SSSR count). The van der Waals surface area contributed by atoms with Gasteiger partial charge in [0.25, 0.3) is 0 Å². The van der Waals surface area contributed by atoms with Gasteiger partial charge in [0.1, 0.15) is 12.6 Å². The summed E-state index contributed by atoms with van der Waals surface area (Å²) in [4.78, 5) is 25.6. The maximum absolute atomic E-state index is 12.2. The van der Waals surface area contributed by atoms with E-state index in [0.29, 0.717) is 5.92 Å². The van der Waals surface area contributed by atoms with E-state index in [4.69, 9.17) is 0 Å². The summed E-state index contributed by atoms with van der Waals surface area (Å²) in [6.45, 7) is 6.44. The standard InChI is InChI=1S/C12H20N2O2/c1-8(2)6-9-11(16)14(7-10(15)13-9)12(3)4-5-12/h8-9H,4-7H2,1-3H3,(H,13,15). The Morgan fingerprint density at radius 2 is 2.06 bits per heavy atom. The van der Waals surface area contributed by atoms with Crippen LogP contribution in [0.4, 0.5) is 0 Å². The molecule has 4 nitrogen and oxygen atoms in total. The number of carbonyl (C=O) groups excluding carboxylic acids is 2. The molecule has 1 N–H and O–H groups in total. The minimum Gasteiger partial charge on any atom is -0.343 e. The molecule has 0 radical (unpaired) electrons. The lowest BCUT2D eigenvalue weighted by atomic mass is 10.00. The van der Waals surface area contributed by atoms with Gasteiger partial charge in [0.2, 0.25) is 11.8 Å². The first kappa shape index (κ1) is 11.4. The molecule has 2 fully saturated rings. The molecule has 0 aromatic carbocycles. The average Bonchev–Trinajstić information content (AvgIpc) is 2.90. The molecule has 4 heteroatoms. The van der Waals surface area contributed by atoms with Crippen LogP contribution in [0.25, 0.3) is 0 Å². The largest absolute Gasteiger partial charge is 0.343 e. The van der Waals surface area contributed by atoms with Crippen molar-refractivity contribution >= 4 is 11.8 Å². The first-order valence-electron chi connectivity index (χ1n) is 6.03. The number of rotatable bonds is 3.